The minimum Gasteiger partial charge on any atom is -0.458 e. The summed E-state index contributed by atoms with van der Waals surface area (Å²) in [5.74, 6) is 2.05. The third kappa shape index (κ3) is 4.46. The number of anilines is 3. The van der Waals surface area contributed by atoms with Crippen molar-refractivity contribution in [2.75, 3.05) is 4.90 Å². The van der Waals surface area contributed by atoms with Crippen LogP contribution in [0.1, 0.15) is 129 Å². The maximum atomic E-state index is 7.06. The standard InChI is InChI=1S/C46H52BNOS/c1-26-19-35-39-37(20-26)49-36-24-33-32(45(9,10)25-46(33,11)12)23-34(36)47(39)41-40(29-21-27(42(2,3)4)13-16-38(29)50-41)48(35)28-14-15-30-31(22-28)44(7,8)18-17-43(30,5)6/h13-16,19-24H,17-18,25H2,1-12H3. The molecule has 4 aliphatic rings. The fourth-order valence-electron chi connectivity index (χ4n) is 10.3. The van der Waals surface area contributed by atoms with Crippen LogP contribution in [0, 0.1) is 6.92 Å². The largest absolute Gasteiger partial charge is 0.458 e. The maximum absolute atomic E-state index is 7.06. The van der Waals surface area contributed by atoms with E-state index in [1.54, 1.807) is 0 Å². The van der Waals surface area contributed by atoms with Gasteiger partial charge in [-0.2, -0.15) is 0 Å². The van der Waals surface area contributed by atoms with E-state index in [0.29, 0.717) is 0 Å². The first-order chi connectivity index (χ1) is 23.3. The molecule has 0 unspecified atom stereocenters. The molecule has 256 valence electrons. The number of nitrogens with zero attached hydrogens (tertiary/aromatic N) is 1. The van der Waals surface area contributed by atoms with Crippen molar-refractivity contribution < 1.29 is 4.74 Å². The number of aryl methyl sites for hydroxylation is 1. The molecule has 3 heterocycles. The van der Waals surface area contributed by atoms with E-state index in [4.69, 9.17) is 4.74 Å². The van der Waals surface area contributed by atoms with Crippen LogP contribution in [-0.4, -0.2) is 6.71 Å². The summed E-state index contributed by atoms with van der Waals surface area (Å²) in [6, 6.07) is 24.3. The number of ether oxygens (including phenoxy) is 1. The minimum atomic E-state index is 0.0514. The van der Waals surface area contributed by atoms with Crippen LogP contribution in [0.5, 0.6) is 11.5 Å². The molecule has 0 atom stereocenters. The third-order valence-corrected chi connectivity index (χ3v) is 14.2. The van der Waals surface area contributed by atoms with Crippen LogP contribution in [0.2, 0.25) is 0 Å². The van der Waals surface area contributed by atoms with Gasteiger partial charge in [-0.25, -0.2) is 0 Å². The lowest BCUT2D eigenvalue weighted by atomic mass is 9.36. The quantitative estimate of drug-likeness (QED) is 0.160. The SMILES string of the molecule is Cc1cc2c3c(c1)N(c1ccc4c(c1)C(C)(C)CCC4(C)C)c1c(sc4ccc(C(C)(C)C)cc14)B3c1cc3c(cc1O2)C(C)(C)CC3(C)C. The summed E-state index contributed by atoms with van der Waals surface area (Å²) in [7, 11) is 0. The summed E-state index contributed by atoms with van der Waals surface area (Å²) in [6.07, 6.45) is 3.55. The first-order valence-electron chi connectivity index (χ1n) is 18.8. The monoisotopic (exact) mass is 677 g/mol. The van der Waals surface area contributed by atoms with Crippen LogP contribution in [0.3, 0.4) is 0 Å². The lowest BCUT2D eigenvalue weighted by Gasteiger charge is -2.43. The van der Waals surface area contributed by atoms with E-state index in [0.717, 1.165) is 17.9 Å². The van der Waals surface area contributed by atoms with Crippen LogP contribution in [0.25, 0.3) is 10.1 Å². The predicted octanol–water partition coefficient (Wildman–Crippen LogP) is 11.2. The van der Waals surface area contributed by atoms with Gasteiger partial charge in [-0.15, -0.1) is 11.3 Å². The van der Waals surface area contributed by atoms with E-state index in [1.807, 2.05) is 11.3 Å². The lowest BCUT2D eigenvalue weighted by molar-refractivity contribution is 0.332. The van der Waals surface area contributed by atoms with Gasteiger partial charge >= 0.3 is 0 Å². The highest BCUT2D eigenvalue weighted by Crippen LogP contribution is 2.53. The fraction of sp³-hybridized carbons (Fsp3) is 0.435. The Morgan fingerprint density at radius 1 is 0.700 bits per heavy atom. The number of rotatable bonds is 1. The summed E-state index contributed by atoms with van der Waals surface area (Å²) in [6.45, 7) is 28.8. The van der Waals surface area contributed by atoms with Gasteiger partial charge in [0.15, 0.2) is 0 Å². The smallest absolute Gasteiger partial charge is 0.268 e. The normalized spacial score (nSPS) is 20.1. The van der Waals surface area contributed by atoms with Crippen LogP contribution in [-0.2, 0) is 27.1 Å². The predicted molar refractivity (Wildman–Crippen MR) is 217 cm³/mol. The molecular formula is C46H52BNOS. The zero-order valence-electron chi connectivity index (χ0n) is 32.2. The highest BCUT2D eigenvalue weighted by Gasteiger charge is 2.48. The molecule has 0 saturated heterocycles. The Bertz CT molecular complexity index is 2290. The summed E-state index contributed by atoms with van der Waals surface area (Å²) < 4.78 is 9.84. The van der Waals surface area contributed by atoms with E-state index >= 15 is 0 Å². The van der Waals surface area contributed by atoms with Crippen LogP contribution in [0.15, 0.2) is 60.7 Å². The highest BCUT2D eigenvalue weighted by atomic mass is 32.1. The molecule has 0 N–H and O–H groups in total. The van der Waals surface area contributed by atoms with Gasteiger partial charge in [0.25, 0.3) is 6.71 Å². The molecule has 2 aliphatic heterocycles. The van der Waals surface area contributed by atoms with Gasteiger partial charge in [-0.05, 0) is 140 Å². The molecule has 0 saturated carbocycles. The van der Waals surface area contributed by atoms with Gasteiger partial charge in [0, 0.05) is 26.2 Å². The van der Waals surface area contributed by atoms with Crippen molar-refractivity contribution in [2.24, 2.45) is 0 Å². The molecular weight excluding hydrogens is 625 g/mol. The highest BCUT2D eigenvalue weighted by molar-refractivity contribution is 7.33. The molecule has 0 spiro atoms. The summed E-state index contributed by atoms with van der Waals surface area (Å²) in [5, 5.41) is 1.36. The molecule has 2 aliphatic carbocycles. The van der Waals surface area contributed by atoms with E-state index in [1.165, 1.54) is 89.1 Å². The zero-order chi connectivity index (χ0) is 35.5. The molecule has 0 fully saturated rings. The summed E-state index contributed by atoms with van der Waals surface area (Å²) in [4.78, 5) is 2.62. The average Bonchev–Trinajstić information content (AvgIpc) is 3.48. The fourth-order valence-corrected chi connectivity index (χ4v) is 11.6. The van der Waals surface area contributed by atoms with Crippen LogP contribution in [0.4, 0.5) is 17.1 Å². The Morgan fingerprint density at radius 3 is 2.06 bits per heavy atom. The van der Waals surface area contributed by atoms with Crippen LogP contribution < -0.4 is 25.3 Å². The van der Waals surface area contributed by atoms with Crippen molar-refractivity contribution in [3.8, 4) is 11.5 Å². The minimum absolute atomic E-state index is 0.0514. The van der Waals surface area contributed by atoms with Gasteiger partial charge in [-0.1, -0.05) is 94.4 Å². The van der Waals surface area contributed by atoms with Crippen molar-refractivity contribution in [1.29, 1.82) is 0 Å². The molecule has 4 aromatic carbocycles. The first kappa shape index (κ1) is 32.4. The number of hydrogen-bond donors (Lipinski definition) is 0. The van der Waals surface area contributed by atoms with Gasteiger partial charge in [0.2, 0.25) is 0 Å². The Kier molecular flexibility index (Phi) is 6.41. The molecule has 5 aromatic rings. The molecule has 0 radical (unpaired) electrons. The van der Waals surface area contributed by atoms with Crippen molar-refractivity contribution in [1.82, 2.24) is 0 Å². The third-order valence-electron chi connectivity index (χ3n) is 13.0. The second-order valence-electron chi connectivity index (χ2n) is 19.7. The zero-order valence-corrected chi connectivity index (χ0v) is 33.1. The number of benzene rings is 4. The number of hydrogen-bond acceptors (Lipinski definition) is 3. The van der Waals surface area contributed by atoms with Gasteiger partial charge in [-0.3, -0.25) is 0 Å². The van der Waals surface area contributed by atoms with Crippen molar-refractivity contribution in [3.63, 3.8) is 0 Å². The first-order valence-corrected chi connectivity index (χ1v) is 19.6. The second-order valence-corrected chi connectivity index (χ2v) is 20.8. The van der Waals surface area contributed by atoms with E-state index in [-0.39, 0.29) is 33.8 Å². The van der Waals surface area contributed by atoms with Gasteiger partial charge in [0.05, 0.1) is 5.69 Å². The van der Waals surface area contributed by atoms with Gasteiger partial charge < -0.3 is 9.64 Å². The number of fused-ring (bicyclic) bond motifs is 8. The molecule has 0 amide bonds. The average molecular weight is 678 g/mol. The number of thiophene rings is 1. The molecule has 50 heavy (non-hydrogen) atoms. The molecule has 9 rings (SSSR count). The second kappa shape index (κ2) is 9.88. The molecule has 0 bridgehead atoms. The molecule has 2 nitrogen and oxygen atoms in total. The van der Waals surface area contributed by atoms with Crippen molar-refractivity contribution >= 4 is 60.9 Å². The topological polar surface area (TPSA) is 12.5 Å². The Morgan fingerprint density at radius 2 is 1.36 bits per heavy atom. The maximum Gasteiger partial charge on any atom is 0.268 e. The Hall–Kier alpha value is -3.50. The summed E-state index contributed by atoms with van der Waals surface area (Å²) >= 11 is 1.99. The van der Waals surface area contributed by atoms with E-state index in [9.17, 15) is 0 Å². The molecule has 1 aromatic heterocycles. The van der Waals surface area contributed by atoms with E-state index in [2.05, 4.69) is 149 Å². The van der Waals surface area contributed by atoms with Crippen LogP contribution >= 0.6 is 11.3 Å². The van der Waals surface area contributed by atoms with E-state index < -0.39 is 0 Å². The van der Waals surface area contributed by atoms with Crippen molar-refractivity contribution in [2.45, 2.75) is 129 Å². The van der Waals surface area contributed by atoms with Crippen molar-refractivity contribution in [3.05, 3.63) is 94.0 Å². The Labute approximate surface area is 304 Å². The van der Waals surface area contributed by atoms with Gasteiger partial charge in [0.1, 0.15) is 11.5 Å². The Balaban J connectivity index is 1.37. The summed E-state index contributed by atoms with van der Waals surface area (Å²) in [5.41, 5.74) is 15.6. The molecule has 4 heteroatoms. The lowest BCUT2D eigenvalue weighted by Crippen LogP contribution is -2.58.